The molecule has 0 radical (unpaired) electrons. The molecule has 0 amide bonds. The molecule has 1 unspecified atom stereocenters. The molecule has 0 saturated carbocycles. The normalized spacial score (nSPS) is 33.5. The Balaban J connectivity index is 2.13. The monoisotopic (exact) mass is 258 g/mol. The average molecular weight is 258 g/mol. The standard InChI is InChI=1S/C13H26N2OS/c1-11-8-15(10-12(2,3)16-11)13(9-14)4-6-17-7-5-13/h11H,4-10,14H2,1-3H3. The highest BCUT2D eigenvalue weighted by atomic mass is 32.2. The first-order chi connectivity index (χ1) is 7.97. The summed E-state index contributed by atoms with van der Waals surface area (Å²) >= 11 is 2.06. The molecule has 0 spiro atoms. The largest absolute Gasteiger partial charge is 0.370 e. The molecule has 4 heteroatoms. The van der Waals surface area contributed by atoms with Crippen LogP contribution in [0.1, 0.15) is 33.6 Å². The zero-order chi connectivity index (χ0) is 12.5. The Morgan fingerprint density at radius 2 is 2.00 bits per heavy atom. The molecule has 2 saturated heterocycles. The molecule has 0 aromatic rings. The van der Waals surface area contributed by atoms with Gasteiger partial charge in [0, 0.05) is 25.2 Å². The number of nitrogens with zero attached hydrogens (tertiary/aromatic N) is 1. The summed E-state index contributed by atoms with van der Waals surface area (Å²) < 4.78 is 6.00. The Labute approximate surface area is 109 Å². The molecular weight excluding hydrogens is 232 g/mol. The van der Waals surface area contributed by atoms with Crippen molar-refractivity contribution in [3.8, 4) is 0 Å². The Morgan fingerprint density at radius 3 is 2.53 bits per heavy atom. The van der Waals surface area contributed by atoms with E-state index in [1.54, 1.807) is 0 Å². The van der Waals surface area contributed by atoms with Gasteiger partial charge in [0.2, 0.25) is 0 Å². The first-order valence-electron chi connectivity index (χ1n) is 6.68. The third-order valence-electron chi connectivity index (χ3n) is 4.04. The number of rotatable bonds is 2. The summed E-state index contributed by atoms with van der Waals surface area (Å²) in [7, 11) is 0. The van der Waals surface area contributed by atoms with Gasteiger partial charge in [-0.05, 0) is 45.1 Å². The second-order valence-corrected chi connectivity index (χ2v) is 7.33. The maximum atomic E-state index is 6.11. The predicted octanol–water partition coefficient (Wildman–Crippen LogP) is 1.71. The van der Waals surface area contributed by atoms with Crippen molar-refractivity contribution in [2.24, 2.45) is 5.73 Å². The lowest BCUT2D eigenvalue weighted by atomic mass is 9.87. The van der Waals surface area contributed by atoms with Crippen molar-refractivity contribution in [1.29, 1.82) is 0 Å². The van der Waals surface area contributed by atoms with Gasteiger partial charge in [-0.25, -0.2) is 0 Å². The molecule has 3 nitrogen and oxygen atoms in total. The Kier molecular flexibility index (Phi) is 4.08. The van der Waals surface area contributed by atoms with Crippen molar-refractivity contribution in [2.75, 3.05) is 31.1 Å². The lowest BCUT2D eigenvalue weighted by Gasteiger charge is -2.52. The molecule has 0 aliphatic carbocycles. The Bertz CT molecular complexity index is 264. The van der Waals surface area contributed by atoms with Gasteiger partial charge < -0.3 is 10.5 Å². The number of ether oxygens (including phenoxy) is 1. The molecule has 0 aromatic heterocycles. The van der Waals surface area contributed by atoms with Gasteiger partial charge in [0.25, 0.3) is 0 Å². The topological polar surface area (TPSA) is 38.5 Å². The quantitative estimate of drug-likeness (QED) is 0.818. The second kappa shape index (κ2) is 5.08. The number of morpholine rings is 1. The fourth-order valence-electron chi connectivity index (χ4n) is 3.22. The van der Waals surface area contributed by atoms with Crippen LogP contribution >= 0.6 is 11.8 Å². The third kappa shape index (κ3) is 2.98. The van der Waals surface area contributed by atoms with E-state index in [1.165, 1.54) is 24.3 Å². The van der Waals surface area contributed by atoms with Crippen LogP contribution < -0.4 is 5.73 Å². The molecular formula is C13H26N2OS. The van der Waals surface area contributed by atoms with Gasteiger partial charge in [-0.2, -0.15) is 11.8 Å². The smallest absolute Gasteiger partial charge is 0.0757 e. The van der Waals surface area contributed by atoms with Crippen molar-refractivity contribution in [3.05, 3.63) is 0 Å². The molecule has 2 heterocycles. The van der Waals surface area contributed by atoms with Gasteiger partial charge in [0.15, 0.2) is 0 Å². The molecule has 2 N–H and O–H groups in total. The van der Waals surface area contributed by atoms with Gasteiger partial charge in [-0.15, -0.1) is 0 Å². The van der Waals surface area contributed by atoms with E-state index in [4.69, 9.17) is 10.5 Å². The summed E-state index contributed by atoms with van der Waals surface area (Å²) in [5, 5.41) is 0. The van der Waals surface area contributed by atoms with E-state index < -0.39 is 0 Å². The Morgan fingerprint density at radius 1 is 1.35 bits per heavy atom. The lowest BCUT2D eigenvalue weighted by Crippen LogP contribution is -2.64. The van der Waals surface area contributed by atoms with Gasteiger partial charge in [-0.3, -0.25) is 4.90 Å². The predicted molar refractivity (Wildman–Crippen MR) is 74.5 cm³/mol. The van der Waals surface area contributed by atoms with E-state index in [-0.39, 0.29) is 11.1 Å². The van der Waals surface area contributed by atoms with Crippen LogP contribution in [0.2, 0.25) is 0 Å². The van der Waals surface area contributed by atoms with Crippen LogP contribution in [0.25, 0.3) is 0 Å². The maximum Gasteiger partial charge on any atom is 0.0757 e. The summed E-state index contributed by atoms with van der Waals surface area (Å²) in [5.74, 6) is 2.51. The first kappa shape index (κ1) is 13.7. The van der Waals surface area contributed by atoms with Crippen molar-refractivity contribution in [2.45, 2.75) is 50.9 Å². The number of hydrogen-bond acceptors (Lipinski definition) is 4. The molecule has 1 atom stereocenters. The Hall–Kier alpha value is 0.230. The summed E-state index contributed by atoms with van der Waals surface area (Å²) in [6, 6.07) is 0. The van der Waals surface area contributed by atoms with Gasteiger partial charge in [0.1, 0.15) is 0 Å². The summed E-state index contributed by atoms with van der Waals surface area (Å²) in [4.78, 5) is 2.61. The summed E-state index contributed by atoms with van der Waals surface area (Å²) in [5.41, 5.74) is 6.31. The molecule has 2 aliphatic heterocycles. The molecule has 2 fully saturated rings. The first-order valence-corrected chi connectivity index (χ1v) is 7.84. The van der Waals surface area contributed by atoms with Crippen molar-refractivity contribution < 1.29 is 4.74 Å². The fraction of sp³-hybridized carbons (Fsp3) is 1.00. The minimum atomic E-state index is -0.0373. The maximum absolute atomic E-state index is 6.11. The van der Waals surface area contributed by atoms with E-state index in [0.717, 1.165) is 19.6 Å². The minimum Gasteiger partial charge on any atom is -0.370 e. The number of nitrogens with two attached hydrogens (primary N) is 1. The zero-order valence-electron chi connectivity index (χ0n) is 11.4. The van der Waals surface area contributed by atoms with Crippen LogP contribution in [0.4, 0.5) is 0 Å². The molecule has 17 heavy (non-hydrogen) atoms. The van der Waals surface area contributed by atoms with Crippen LogP contribution in [0.3, 0.4) is 0 Å². The van der Waals surface area contributed by atoms with Crippen LogP contribution in [-0.4, -0.2) is 53.3 Å². The van der Waals surface area contributed by atoms with E-state index in [0.29, 0.717) is 6.10 Å². The SMILES string of the molecule is CC1CN(C2(CN)CCSCC2)CC(C)(C)O1. The van der Waals surface area contributed by atoms with Gasteiger partial charge in [0.05, 0.1) is 11.7 Å². The highest BCUT2D eigenvalue weighted by Gasteiger charge is 2.43. The van der Waals surface area contributed by atoms with Crippen LogP contribution in [0, 0.1) is 0 Å². The summed E-state index contributed by atoms with van der Waals surface area (Å²) in [6.07, 6.45) is 2.78. The van der Waals surface area contributed by atoms with Gasteiger partial charge >= 0.3 is 0 Å². The zero-order valence-corrected chi connectivity index (χ0v) is 12.2. The highest BCUT2D eigenvalue weighted by Crippen LogP contribution is 2.35. The molecule has 2 aliphatic rings. The number of hydrogen-bond donors (Lipinski definition) is 1. The molecule has 0 aromatic carbocycles. The van der Waals surface area contributed by atoms with E-state index >= 15 is 0 Å². The van der Waals surface area contributed by atoms with Crippen molar-refractivity contribution in [3.63, 3.8) is 0 Å². The second-order valence-electron chi connectivity index (χ2n) is 6.11. The molecule has 100 valence electrons. The van der Waals surface area contributed by atoms with E-state index in [9.17, 15) is 0 Å². The number of thioether (sulfide) groups is 1. The average Bonchev–Trinajstić information content (AvgIpc) is 2.27. The molecule has 2 rings (SSSR count). The van der Waals surface area contributed by atoms with Crippen LogP contribution in [0.5, 0.6) is 0 Å². The summed E-state index contributed by atoms with van der Waals surface area (Å²) in [6.45, 7) is 9.39. The fourth-order valence-corrected chi connectivity index (χ4v) is 4.47. The third-order valence-corrected chi connectivity index (χ3v) is 5.03. The van der Waals surface area contributed by atoms with E-state index in [1.807, 2.05) is 0 Å². The molecule has 0 bridgehead atoms. The minimum absolute atomic E-state index is 0.0373. The van der Waals surface area contributed by atoms with Crippen molar-refractivity contribution in [1.82, 2.24) is 4.90 Å². The van der Waals surface area contributed by atoms with Crippen LogP contribution in [0.15, 0.2) is 0 Å². The highest BCUT2D eigenvalue weighted by molar-refractivity contribution is 7.99. The lowest BCUT2D eigenvalue weighted by molar-refractivity contribution is -0.153. The van der Waals surface area contributed by atoms with E-state index in [2.05, 4.69) is 37.4 Å². The van der Waals surface area contributed by atoms with Gasteiger partial charge in [-0.1, -0.05) is 0 Å². The van der Waals surface area contributed by atoms with Crippen molar-refractivity contribution >= 4 is 11.8 Å². The van der Waals surface area contributed by atoms with Crippen LogP contribution in [-0.2, 0) is 4.74 Å².